The van der Waals surface area contributed by atoms with E-state index in [9.17, 15) is 4.79 Å². The number of benzene rings is 3. The van der Waals surface area contributed by atoms with Crippen molar-refractivity contribution in [3.05, 3.63) is 84.2 Å². The summed E-state index contributed by atoms with van der Waals surface area (Å²) in [6.45, 7) is 4.20. The number of hydrogen-bond donors (Lipinski definition) is 1. The first-order valence-corrected chi connectivity index (χ1v) is 10.6. The van der Waals surface area contributed by atoms with Gasteiger partial charge in [-0.25, -0.2) is 4.68 Å². The molecule has 5 rings (SSSR count). The molecule has 5 aromatic rings. The molecule has 1 N–H and O–H groups in total. The molecule has 0 spiro atoms. The third-order valence-electron chi connectivity index (χ3n) is 5.29. The summed E-state index contributed by atoms with van der Waals surface area (Å²) in [6.07, 6.45) is 0. The Hall–Kier alpha value is -4.46. The van der Waals surface area contributed by atoms with Crippen molar-refractivity contribution in [3.8, 4) is 22.8 Å². The van der Waals surface area contributed by atoms with E-state index in [1.807, 2.05) is 67.6 Å². The van der Waals surface area contributed by atoms with Gasteiger partial charge >= 0.3 is 0 Å². The molecule has 8 nitrogen and oxygen atoms in total. The molecular weight excluding hydrogens is 418 g/mol. The van der Waals surface area contributed by atoms with Crippen LogP contribution in [0, 0.1) is 6.92 Å². The fourth-order valence-electron chi connectivity index (χ4n) is 3.68. The van der Waals surface area contributed by atoms with Crippen LogP contribution in [-0.2, 0) is 0 Å². The summed E-state index contributed by atoms with van der Waals surface area (Å²) in [5.74, 6) is 0.919. The fourth-order valence-corrected chi connectivity index (χ4v) is 3.68. The summed E-state index contributed by atoms with van der Waals surface area (Å²) in [4.78, 5) is 12.9. The highest BCUT2D eigenvalue weighted by Crippen LogP contribution is 2.30. The highest BCUT2D eigenvalue weighted by molar-refractivity contribution is 6.04. The topological polar surface area (TPSA) is 95.1 Å². The molecule has 0 radical (unpaired) electrons. The summed E-state index contributed by atoms with van der Waals surface area (Å²) in [6, 6.07) is 22.7. The second-order valence-electron chi connectivity index (χ2n) is 7.40. The molecule has 2 heterocycles. The van der Waals surface area contributed by atoms with Crippen molar-refractivity contribution in [1.29, 1.82) is 0 Å². The Morgan fingerprint density at radius 1 is 1.06 bits per heavy atom. The molecular formula is C25H21N5O3. The predicted molar refractivity (Wildman–Crippen MR) is 125 cm³/mol. The number of carbonyl (C=O) groups excluding carboxylic acids is 1. The first-order chi connectivity index (χ1) is 16.2. The van der Waals surface area contributed by atoms with Crippen LogP contribution in [0.25, 0.3) is 27.9 Å². The van der Waals surface area contributed by atoms with Crippen molar-refractivity contribution >= 4 is 22.5 Å². The minimum Gasteiger partial charge on any atom is -0.492 e. The zero-order valence-electron chi connectivity index (χ0n) is 18.1. The van der Waals surface area contributed by atoms with E-state index >= 15 is 0 Å². The van der Waals surface area contributed by atoms with Crippen LogP contribution in [0.15, 0.2) is 77.3 Å². The first-order valence-electron chi connectivity index (χ1n) is 10.6. The van der Waals surface area contributed by atoms with Crippen molar-refractivity contribution in [2.75, 3.05) is 11.9 Å². The summed E-state index contributed by atoms with van der Waals surface area (Å²) in [5.41, 5.74) is 3.84. The third-order valence-corrected chi connectivity index (χ3v) is 5.29. The molecule has 0 saturated carbocycles. The van der Waals surface area contributed by atoms with E-state index in [1.54, 1.807) is 23.7 Å². The smallest absolute Gasteiger partial charge is 0.278 e. The number of anilines is 1. The van der Waals surface area contributed by atoms with Gasteiger partial charge in [0.05, 0.1) is 29.1 Å². The molecule has 0 fully saturated rings. The average Bonchev–Trinajstić information content (AvgIpc) is 3.44. The minimum atomic E-state index is -0.359. The van der Waals surface area contributed by atoms with Gasteiger partial charge in [0, 0.05) is 5.56 Å². The van der Waals surface area contributed by atoms with Crippen LogP contribution in [0.3, 0.4) is 0 Å². The van der Waals surface area contributed by atoms with Gasteiger partial charge in [0.1, 0.15) is 11.3 Å². The molecule has 3 aromatic carbocycles. The Morgan fingerprint density at radius 2 is 1.85 bits per heavy atom. The Labute approximate surface area is 189 Å². The molecule has 0 saturated heterocycles. The number of nitrogens with one attached hydrogen (secondary N) is 1. The molecule has 0 aliphatic carbocycles. The van der Waals surface area contributed by atoms with E-state index in [2.05, 4.69) is 20.8 Å². The van der Waals surface area contributed by atoms with Crippen LogP contribution in [0.5, 0.6) is 5.75 Å². The van der Waals surface area contributed by atoms with Gasteiger partial charge < -0.3 is 14.6 Å². The predicted octanol–water partition coefficient (Wildman–Crippen LogP) is 5.03. The normalized spacial score (nSPS) is 11.0. The maximum absolute atomic E-state index is 12.9. The molecule has 164 valence electrons. The second kappa shape index (κ2) is 8.58. The standard InChI is InChI=1S/C25H21N5O3/c1-3-32-22-12-8-7-11-21(22)26-25(31)23-16(2)30(29-27-23)18-13-14-20-19(15-18)24(33-28-20)17-9-5-4-6-10-17/h4-15H,3H2,1-2H3,(H,26,31). The van der Waals surface area contributed by atoms with E-state index in [-0.39, 0.29) is 11.6 Å². The lowest BCUT2D eigenvalue weighted by Gasteiger charge is -2.10. The molecule has 0 unspecified atom stereocenters. The van der Waals surface area contributed by atoms with Gasteiger partial charge in [-0.2, -0.15) is 0 Å². The number of carbonyl (C=O) groups is 1. The Bertz CT molecular complexity index is 1440. The van der Waals surface area contributed by atoms with Crippen LogP contribution in [0.1, 0.15) is 23.1 Å². The van der Waals surface area contributed by atoms with Gasteiger partial charge in [0.25, 0.3) is 5.91 Å². The average molecular weight is 439 g/mol. The van der Waals surface area contributed by atoms with Gasteiger partial charge in [-0.05, 0) is 44.2 Å². The monoisotopic (exact) mass is 439 g/mol. The van der Waals surface area contributed by atoms with Gasteiger partial charge in [-0.1, -0.05) is 52.8 Å². The van der Waals surface area contributed by atoms with Crippen LogP contribution in [0.2, 0.25) is 0 Å². The number of fused-ring (bicyclic) bond motifs is 1. The molecule has 1 amide bonds. The van der Waals surface area contributed by atoms with Gasteiger partial charge in [-0.15, -0.1) is 5.10 Å². The van der Waals surface area contributed by atoms with Crippen molar-refractivity contribution < 1.29 is 14.1 Å². The summed E-state index contributed by atoms with van der Waals surface area (Å²) in [5, 5.41) is 16.2. The van der Waals surface area contributed by atoms with Gasteiger partial charge in [0.15, 0.2) is 11.5 Å². The van der Waals surface area contributed by atoms with Crippen LogP contribution < -0.4 is 10.1 Å². The summed E-state index contributed by atoms with van der Waals surface area (Å²) < 4.78 is 12.8. The van der Waals surface area contributed by atoms with Gasteiger partial charge in [-0.3, -0.25) is 4.79 Å². The molecule has 0 aliphatic rings. The zero-order chi connectivity index (χ0) is 22.8. The number of para-hydroxylation sites is 2. The molecule has 0 atom stereocenters. The lowest BCUT2D eigenvalue weighted by Crippen LogP contribution is -2.15. The number of amides is 1. The lowest BCUT2D eigenvalue weighted by atomic mass is 10.1. The number of ether oxygens (including phenoxy) is 1. The van der Waals surface area contributed by atoms with E-state index < -0.39 is 0 Å². The number of rotatable bonds is 6. The quantitative estimate of drug-likeness (QED) is 0.398. The molecule has 8 heteroatoms. The molecule has 2 aromatic heterocycles. The van der Waals surface area contributed by atoms with Crippen molar-refractivity contribution in [3.63, 3.8) is 0 Å². The molecule has 33 heavy (non-hydrogen) atoms. The minimum absolute atomic E-state index is 0.231. The summed E-state index contributed by atoms with van der Waals surface area (Å²) >= 11 is 0. The van der Waals surface area contributed by atoms with Crippen LogP contribution in [0.4, 0.5) is 5.69 Å². The van der Waals surface area contributed by atoms with Crippen molar-refractivity contribution in [2.24, 2.45) is 0 Å². The maximum Gasteiger partial charge on any atom is 0.278 e. The van der Waals surface area contributed by atoms with E-state index in [0.29, 0.717) is 29.5 Å². The Morgan fingerprint density at radius 3 is 2.67 bits per heavy atom. The molecule has 0 aliphatic heterocycles. The zero-order valence-corrected chi connectivity index (χ0v) is 18.1. The highest BCUT2D eigenvalue weighted by atomic mass is 16.5. The number of hydrogen-bond acceptors (Lipinski definition) is 6. The first kappa shape index (κ1) is 20.4. The molecule has 0 bridgehead atoms. The van der Waals surface area contributed by atoms with E-state index in [1.165, 1.54) is 0 Å². The van der Waals surface area contributed by atoms with Crippen molar-refractivity contribution in [1.82, 2.24) is 20.2 Å². The van der Waals surface area contributed by atoms with E-state index in [4.69, 9.17) is 9.26 Å². The highest BCUT2D eigenvalue weighted by Gasteiger charge is 2.20. The second-order valence-corrected chi connectivity index (χ2v) is 7.40. The number of aromatic nitrogens is 4. The largest absolute Gasteiger partial charge is 0.492 e. The van der Waals surface area contributed by atoms with E-state index in [0.717, 1.165) is 22.2 Å². The number of nitrogens with zero attached hydrogens (tertiary/aromatic N) is 4. The Balaban J connectivity index is 1.47. The third kappa shape index (κ3) is 3.82. The van der Waals surface area contributed by atoms with Crippen LogP contribution in [-0.4, -0.2) is 32.7 Å². The Kier molecular flexibility index (Phi) is 5.32. The van der Waals surface area contributed by atoms with Crippen molar-refractivity contribution in [2.45, 2.75) is 13.8 Å². The summed E-state index contributed by atoms with van der Waals surface area (Å²) in [7, 11) is 0. The van der Waals surface area contributed by atoms with Gasteiger partial charge in [0.2, 0.25) is 0 Å². The van der Waals surface area contributed by atoms with Crippen LogP contribution >= 0.6 is 0 Å². The lowest BCUT2D eigenvalue weighted by molar-refractivity contribution is 0.102. The fraction of sp³-hybridized carbons (Fsp3) is 0.120. The maximum atomic E-state index is 12.9. The SMILES string of the molecule is CCOc1ccccc1NC(=O)c1nnn(-c2ccc3noc(-c4ccccc4)c3c2)c1C.